The number of methoxy groups -OCH3 is 3. The number of esters is 1. The van der Waals surface area contributed by atoms with Crippen molar-refractivity contribution in [3.05, 3.63) is 275 Å². The molecule has 148 heavy (non-hydrogen) atoms. The number of hydrogen-bond acceptors (Lipinski definition) is 19. The van der Waals surface area contributed by atoms with Gasteiger partial charge in [0.05, 0.1) is 114 Å². The van der Waals surface area contributed by atoms with Gasteiger partial charge in [0, 0.05) is 204 Å². The Balaban J connectivity index is 0.0000000914. The Morgan fingerprint density at radius 3 is 1.21 bits per heavy atom. The molecule has 16 heterocycles. The fraction of sp³-hybridized carbons (Fsp3) is 0.300. The van der Waals surface area contributed by atoms with Gasteiger partial charge >= 0.3 is 5.97 Å². The van der Waals surface area contributed by atoms with Crippen molar-refractivity contribution in [3.8, 4) is 0 Å². The van der Waals surface area contributed by atoms with Crippen LogP contribution in [0.15, 0.2) is 224 Å². The molecule has 1 amide bonds. The number of rotatable bonds is 7. The molecule has 8 aliphatic heterocycles. The molecule has 8 bridgehead atoms. The number of para-hydroxylation sites is 8. The number of hydroxylamine groups is 1. The standard InChI is InChI=1S/C36H31N3O4.C29H27N3O2.C28H22N2O5.C27H23N3O6/c1-36-34(42-3)26(37(2)35(41)20-11-5-4-6-12-20)19-28(43-36)38-24-15-9-7-13-21(24)31-30-23(17-18-27(30)40)29-22-14-8-10-16-25(22)39(36)33(29)32(31)38;1-15-19(30-3)14-23-31-20-10-6-4-8-16(20)26-25-18(12-13-22(25)33)24-17-9-5-7-11-21(17)32(28(24)27(26)31)29(15,2)34-23;1-27-28(33,26(32)34-2)13-20(35-27)29-17-9-5-3-7-14(17)23-22-16(11-12-19(22)31)21-15-8-4-6-10-18(15)30(27)25(21)24(23)29;1-35-26-14(28-34)10-19-29-15-8-4-2-6-12(15)20-22-17(31)11-18(32)23(22)21-13-7-3-5-9-16(13)30(25(21)24(20)29)27(26,33)36-19/h4-16,26,28,34H,17-19H2,1-3H3;4-11,15,19,23,30H,12-14H2,1-3H3;3-10,20,33H,11-13H2,1-2H3;2-9,14,18-19,26,28,32-34H,10-11H2,1H3/t26?,28-,34?,36+;15-,19-,23-,29+;20-,27+,28+;14-,18-,19-,26-,27+/m1111/s1. The third-order valence-electron chi connectivity index (χ3n) is 36.3. The fourth-order valence-corrected chi connectivity index (χ4v) is 30.3. The molecule has 0 spiro atoms. The topological polar surface area (TPSA) is 315 Å². The monoisotopic (exact) mass is 1970 g/mol. The van der Waals surface area contributed by atoms with Crippen molar-refractivity contribution in [3.63, 3.8) is 0 Å². The maximum atomic E-state index is 13.9. The minimum absolute atomic E-state index is 0.0178. The lowest BCUT2D eigenvalue weighted by molar-refractivity contribution is -0.372. The summed E-state index contributed by atoms with van der Waals surface area (Å²) in [7, 11) is 8.42. The number of ether oxygens (including phenoxy) is 7. The van der Waals surface area contributed by atoms with Crippen LogP contribution in [0, 0.1) is 5.92 Å². The first-order valence-electron chi connectivity index (χ1n) is 51.4. The third kappa shape index (κ3) is 10.7. The first-order valence-corrected chi connectivity index (χ1v) is 51.4. The molecule has 4 aliphatic carbocycles. The molecule has 16 atom stereocenters. The highest BCUT2D eigenvalue weighted by atomic mass is 16.7. The molecule has 28 heteroatoms. The summed E-state index contributed by atoms with van der Waals surface area (Å²) in [4.78, 5) is 82.7. The zero-order valence-electron chi connectivity index (χ0n) is 82.6. The van der Waals surface area contributed by atoms with Crippen molar-refractivity contribution < 1.29 is 82.5 Å². The van der Waals surface area contributed by atoms with Gasteiger partial charge in [-0.05, 0) is 124 Å². The Morgan fingerprint density at radius 2 is 0.764 bits per heavy atom. The molecule has 21 aromatic rings. The van der Waals surface area contributed by atoms with Crippen LogP contribution in [0.2, 0.25) is 0 Å². The van der Waals surface area contributed by atoms with Crippen LogP contribution < -0.4 is 10.8 Å². The molecule has 0 radical (unpaired) electrons. The molecular weight excluding hydrogens is 1870 g/mol. The number of aryl methyl sites for hydroxylation is 3. The average Bonchev–Trinajstić information content (AvgIpc) is 1.41. The van der Waals surface area contributed by atoms with E-state index in [0.717, 1.165) is 183 Å². The first kappa shape index (κ1) is 88.7. The first-order chi connectivity index (χ1) is 71.9. The van der Waals surface area contributed by atoms with Gasteiger partial charge in [0.1, 0.15) is 42.8 Å². The van der Waals surface area contributed by atoms with Crippen LogP contribution in [0.5, 0.6) is 0 Å². The largest absolute Gasteiger partial charge is 0.467 e. The van der Waals surface area contributed by atoms with Crippen molar-refractivity contribution >= 4 is 209 Å². The van der Waals surface area contributed by atoms with E-state index < -0.39 is 77.7 Å². The average molecular weight is 1970 g/mol. The van der Waals surface area contributed by atoms with Gasteiger partial charge in [-0.2, -0.15) is 5.48 Å². The lowest BCUT2D eigenvalue weighted by Gasteiger charge is -2.50. The van der Waals surface area contributed by atoms with E-state index in [1.807, 2.05) is 161 Å². The fourth-order valence-electron chi connectivity index (χ4n) is 30.3. The van der Waals surface area contributed by atoms with Gasteiger partial charge in [0.2, 0.25) is 5.60 Å². The molecule has 13 aromatic carbocycles. The molecule has 4 fully saturated rings. The van der Waals surface area contributed by atoms with Gasteiger partial charge in [-0.15, -0.1) is 0 Å². The lowest BCUT2D eigenvalue weighted by atomic mass is 9.85. The summed E-state index contributed by atoms with van der Waals surface area (Å²) >= 11 is 0. The summed E-state index contributed by atoms with van der Waals surface area (Å²) in [6.45, 7) is 8.45. The molecule has 0 saturated carbocycles. The van der Waals surface area contributed by atoms with Gasteiger partial charge in [-0.25, -0.2) is 4.79 Å². The third-order valence-corrected chi connectivity index (χ3v) is 36.3. The van der Waals surface area contributed by atoms with Gasteiger partial charge in [0.25, 0.3) is 11.8 Å². The summed E-state index contributed by atoms with van der Waals surface area (Å²) in [5.41, 5.74) is 20.7. The number of Topliss-reactive ketones (excluding diaryl/α,β-unsaturated/α-hetero) is 4. The minimum atomic E-state index is -1.99. The van der Waals surface area contributed by atoms with Crippen molar-refractivity contribution in [2.75, 3.05) is 35.4 Å². The highest BCUT2D eigenvalue weighted by Gasteiger charge is 2.67. The van der Waals surface area contributed by atoms with E-state index in [9.17, 15) is 49.3 Å². The van der Waals surface area contributed by atoms with E-state index >= 15 is 0 Å². The number of aliphatic hydroxyl groups excluding tert-OH is 1. The summed E-state index contributed by atoms with van der Waals surface area (Å²) in [6.07, 6.45) is 1.38. The molecule has 28 nitrogen and oxygen atoms in total. The van der Waals surface area contributed by atoms with Crippen LogP contribution in [0.3, 0.4) is 0 Å². The minimum Gasteiger partial charge on any atom is -0.467 e. The number of hydrogen-bond donors (Lipinski definition) is 6. The van der Waals surface area contributed by atoms with Crippen molar-refractivity contribution in [1.29, 1.82) is 0 Å². The Morgan fingerprint density at radius 1 is 0.399 bits per heavy atom. The smallest absolute Gasteiger partial charge is 0.343 e. The lowest BCUT2D eigenvalue weighted by Crippen LogP contribution is -2.61. The van der Waals surface area contributed by atoms with Crippen LogP contribution in [0.4, 0.5) is 0 Å². The van der Waals surface area contributed by atoms with Crippen LogP contribution in [-0.4, -0.2) is 168 Å². The maximum Gasteiger partial charge on any atom is 0.343 e. The number of likely N-dealkylation sites (N-methyl/N-ethyl adjacent to an activating group) is 1. The van der Waals surface area contributed by atoms with Crippen LogP contribution in [-0.2, 0) is 80.3 Å². The highest BCUT2D eigenvalue weighted by molar-refractivity contribution is 6.36. The van der Waals surface area contributed by atoms with Gasteiger partial charge in [-0.1, -0.05) is 171 Å². The molecule has 6 N–H and O–H groups in total. The number of nitrogens with zero attached hydrogens (tertiary/aromatic N) is 9. The van der Waals surface area contributed by atoms with E-state index in [1.165, 1.54) is 47.1 Å². The molecule has 4 saturated heterocycles. The number of fused-ring (bicyclic) bond motifs is 52. The quantitative estimate of drug-likeness (QED) is 0.0638. The predicted octanol–water partition coefficient (Wildman–Crippen LogP) is 20.6. The summed E-state index contributed by atoms with van der Waals surface area (Å²) < 4.78 is 62.1. The normalized spacial score (nSPS) is 27.0. The number of nitrogens with one attached hydrogen (secondary N) is 2. The zero-order valence-corrected chi connectivity index (χ0v) is 82.6. The van der Waals surface area contributed by atoms with E-state index in [-0.39, 0.29) is 60.1 Å². The Hall–Kier alpha value is -14.6. The molecule has 8 aromatic heterocycles. The Labute approximate surface area is 843 Å². The number of carbonyl (C=O) groups excluding carboxylic acids is 6. The highest BCUT2D eigenvalue weighted by Crippen LogP contribution is 2.64. The summed E-state index contributed by atoms with van der Waals surface area (Å²) in [5.74, 6) is -1.97. The number of ketones is 4. The summed E-state index contributed by atoms with van der Waals surface area (Å²) in [6, 6.07) is 74.1. The number of aliphatic hydroxyl groups is 3. The maximum absolute atomic E-state index is 13.9. The number of aromatic nitrogens is 8. The number of benzene rings is 13. The van der Waals surface area contributed by atoms with Crippen molar-refractivity contribution in [1.82, 2.24) is 52.2 Å². The van der Waals surface area contributed by atoms with Crippen LogP contribution in [0.25, 0.3) is 174 Å². The van der Waals surface area contributed by atoms with Gasteiger partial charge in [0.15, 0.2) is 34.6 Å². The number of amides is 1. The predicted molar refractivity (Wildman–Crippen MR) is 563 cm³/mol. The van der Waals surface area contributed by atoms with E-state index in [1.54, 1.807) is 18.6 Å². The van der Waals surface area contributed by atoms with E-state index in [2.05, 4.69) is 146 Å². The number of carbonyl (C=O) groups is 6. The van der Waals surface area contributed by atoms with Crippen molar-refractivity contribution in [2.24, 2.45) is 5.92 Å². The molecule has 740 valence electrons. The second kappa shape index (κ2) is 30.6. The Bertz CT molecular complexity index is 9710. The zero-order chi connectivity index (χ0) is 100. The van der Waals surface area contributed by atoms with Crippen LogP contribution >= 0.6 is 0 Å². The second-order valence-electron chi connectivity index (χ2n) is 42.9. The van der Waals surface area contributed by atoms with Gasteiger partial charge in [-0.3, -0.25) is 28.5 Å². The van der Waals surface area contributed by atoms with E-state index in [0.29, 0.717) is 72.3 Å². The molecular formula is C120H103N11O17. The molecule has 33 rings (SSSR count). The second-order valence-corrected chi connectivity index (χ2v) is 42.9. The van der Waals surface area contributed by atoms with Crippen molar-refractivity contribution in [2.45, 2.75) is 188 Å². The Kier molecular flexibility index (Phi) is 18.3. The van der Waals surface area contributed by atoms with E-state index in [4.69, 9.17) is 33.2 Å². The molecule has 12 aliphatic rings. The molecule has 2 unspecified atom stereocenters. The van der Waals surface area contributed by atoms with Gasteiger partial charge < -0.3 is 95.9 Å². The van der Waals surface area contributed by atoms with Crippen LogP contribution in [0.1, 0.15) is 184 Å². The SMILES string of the molecule is CN[C@@H]1C[C@H]2O[C@@](C)([C@@H]1C)n1c3ccccc3c3c4c(c5c6ccccc6n2c5c31)C(=O)CC4.COC(=O)[C@@]1(O)C[C@H]2O[C@]1(C)n1c3ccccc3c3c4c(c5c6ccccc6n2c5c31)C(=O)CC4.COC1C(N(C)C(=O)c2ccccc2)C[C@H]2O[C@]1(C)n1c3ccccc3c3c4c(c5c6ccccc6n2c5c31)C(=O)CC4.CO[C@@H]1[C@H](NO)C[C@H]2O[C@]1(O)n1c3ccccc3c3c4c(c5c6ccccc6n2c5c31)C(=O)C[C@H]4O. The summed E-state index contributed by atoms with van der Waals surface area (Å²) in [5, 5.41) is 65.3.